The van der Waals surface area contributed by atoms with Crippen molar-refractivity contribution in [1.82, 2.24) is 21.3 Å². The van der Waals surface area contributed by atoms with Crippen LogP contribution in [0.15, 0.2) is 84.9 Å². The van der Waals surface area contributed by atoms with E-state index in [1.165, 1.54) is 0 Å². The molecule has 8 heteroatoms. The SMILES string of the molecule is CC(C)(C)NC(=O)CC[C@H](NC(=O)CCc1ccccc1)C(=O)NCCNC(=O)c1cccc(-c2ccccc2)c1. The molecule has 3 aromatic carbocycles. The Morgan fingerprint density at radius 3 is 2.02 bits per heavy atom. The Kier molecular flexibility index (Phi) is 11.6. The van der Waals surface area contributed by atoms with Gasteiger partial charge in [0, 0.05) is 37.0 Å². The molecule has 4 amide bonds. The molecule has 0 aliphatic carbocycles. The third-order valence-electron chi connectivity index (χ3n) is 6.25. The van der Waals surface area contributed by atoms with Gasteiger partial charge in [-0.25, -0.2) is 0 Å². The Balaban J connectivity index is 1.51. The van der Waals surface area contributed by atoms with Crippen LogP contribution in [0.3, 0.4) is 0 Å². The summed E-state index contributed by atoms with van der Waals surface area (Å²) in [5.74, 6) is -1.11. The number of rotatable bonds is 13. The number of nitrogens with one attached hydrogen (secondary N) is 4. The van der Waals surface area contributed by atoms with Crippen LogP contribution >= 0.6 is 0 Å². The summed E-state index contributed by atoms with van der Waals surface area (Å²) < 4.78 is 0. The lowest BCUT2D eigenvalue weighted by atomic mass is 10.0. The van der Waals surface area contributed by atoms with Crippen LogP contribution < -0.4 is 21.3 Å². The third kappa shape index (κ3) is 11.3. The average molecular weight is 557 g/mol. The number of carbonyl (C=O) groups is 4. The molecular formula is C33H40N4O4. The number of amides is 4. The summed E-state index contributed by atoms with van der Waals surface area (Å²) in [6, 6.07) is 25.9. The monoisotopic (exact) mass is 556 g/mol. The molecule has 41 heavy (non-hydrogen) atoms. The first-order chi connectivity index (χ1) is 19.6. The predicted octanol–water partition coefficient (Wildman–Crippen LogP) is 4.01. The fourth-order valence-electron chi connectivity index (χ4n) is 4.25. The number of hydrogen-bond acceptors (Lipinski definition) is 4. The van der Waals surface area contributed by atoms with Crippen LogP contribution in [0.4, 0.5) is 0 Å². The van der Waals surface area contributed by atoms with Crippen molar-refractivity contribution >= 4 is 23.6 Å². The first-order valence-electron chi connectivity index (χ1n) is 14.0. The highest BCUT2D eigenvalue weighted by Gasteiger charge is 2.23. The summed E-state index contributed by atoms with van der Waals surface area (Å²) in [6.45, 7) is 6.03. The van der Waals surface area contributed by atoms with Crippen LogP contribution in [0.2, 0.25) is 0 Å². The van der Waals surface area contributed by atoms with Crippen LogP contribution in [0, 0.1) is 0 Å². The predicted molar refractivity (Wildman–Crippen MR) is 161 cm³/mol. The molecule has 0 bridgehead atoms. The quantitative estimate of drug-likeness (QED) is 0.238. The van der Waals surface area contributed by atoms with Crippen LogP contribution in [-0.4, -0.2) is 48.3 Å². The summed E-state index contributed by atoms with van der Waals surface area (Å²) in [6.07, 6.45) is 1.01. The molecule has 0 saturated heterocycles. The summed E-state index contributed by atoms with van der Waals surface area (Å²) >= 11 is 0. The molecular weight excluding hydrogens is 516 g/mol. The first kappa shape index (κ1) is 31.1. The molecule has 0 aliphatic rings. The largest absolute Gasteiger partial charge is 0.353 e. The molecule has 0 saturated carbocycles. The lowest BCUT2D eigenvalue weighted by molar-refractivity contribution is -0.130. The number of aryl methyl sites for hydroxylation is 1. The number of hydrogen-bond donors (Lipinski definition) is 4. The molecule has 0 heterocycles. The zero-order valence-electron chi connectivity index (χ0n) is 24.0. The lowest BCUT2D eigenvalue weighted by Gasteiger charge is -2.22. The van der Waals surface area contributed by atoms with Crippen molar-refractivity contribution in [3.63, 3.8) is 0 Å². The summed E-state index contributed by atoms with van der Waals surface area (Å²) in [7, 11) is 0. The van der Waals surface area contributed by atoms with Gasteiger partial charge < -0.3 is 21.3 Å². The maximum atomic E-state index is 13.0. The molecule has 1 atom stereocenters. The molecule has 0 fully saturated rings. The van der Waals surface area contributed by atoms with Gasteiger partial charge in [0.1, 0.15) is 6.04 Å². The minimum absolute atomic E-state index is 0.0861. The van der Waals surface area contributed by atoms with E-state index in [1.807, 2.05) is 99.6 Å². The van der Waals surface area contributed by atoms with Crippen LogP contribution in [0.5, 0.6) is 0 Å². The lowest BCUT2D eigenvalue weighted by Crippen LogP contribution is -2.49. The topological polar surface area (TPSA) is 116 Å². The van der Waals surface area contributed by atoms with E-state index < -0.39 is 17.5 Å². The molecule has 0 aromatic heterocycles. The van der Waals surface area contributed by atoms with E-state index in [4.69, 9.17) is 0 Å². The van der Waals surface area contributed by atoms with Gasteiger partial charge in [0.15, 0.2) is 0 Å². The molecule has 0 spiro atoms. The van der Waals surface area contributed by atoms with Crippen molar-refractivity contribution in [1.29, 1.82) is 0 Å². The second kappa shape index (κ2) is 15.4. The van der Waals surface area contributed by atoms with Gasteiger partial charge in [0.25, 0.3) is 5.91 Å². The zero-order valence-corrected chi connectivity index (χ0v) is 24.0. The van der Waals surface area contributed by atoms with Gasteiger partial charge in [-0.3, -0.25) is 19.2 Å². The zero-order chi connectivity index (χ0) is 29.7. The number of benzene rings is 3. The van der Waals surface area contributed by atoms with Crippen molar-refractivity contribution in [3.05, 3.63) is 96.1 Å². The molecule has 3 aromatic rings. The van der Waals surface area contributed by atoms with E-state index in [2.05, 4.69) is 21.3 Å². The van der Waals surface area contributed by atoms with Crippen LogP contribution in [0.25, 0.3) is 11.1 Å². The Bertz CT molecular complexity index is 1300. The first-order valence-corrected chi connectivity index (χ1v) is 14.0. The Morgan fingerprint density at radius 2 is 1.34 bits per heavy atom. The highest BCUT2D eigenvalue weighted by Crippen LogP contribution is 2.20. The van der Waals surface area contributed by atoms with Gasteiger partial charge in [-0.2, -0.15) is 0 Å². The second-order valence-corrected chi connectivity index (χ2v) is 10.9. The Hall–Kier alpha value is -4.46. The summed E-state index contributed by atoms with van der Waals surface area (Å²) in [5.41, 5.74) is 3.10. The maximum Gasteiger partial charge on any atom is 0.251 e. The molecule has 216 valence electrons. The average Bonchev–Trinajstić information content (AvgIpc) is 2.96. The fourth-order valence-corrected chi connectivity index (χ4v) is 4.25. The van der Waals surface area contributed by atoms with Crippen molar-refractivity contribution < 1.29 is 19.2 Å². The third-order valence-corrected chi connectivity index (χ3v) is 6.25. The number of carbonyl (C=O) groups excluding carboxylic acids is 4. The van der Waals surface area contributed by atoms with Crippen molar-refractivity contribution in [2.24, 2.45) is 0 Å². The van der Waals surface area contributed by atoms with Gasteiger partial charge in [0.2, 0.25) is 17.7 Å². The highest BCUT2D eigenvalue weighted by molar-refractivity contribution is 5.95. The van der Waals surface area contributed by atoms with Gasteiger partial charge in [0.05, 0.1) is 0 Å². The van der Waals surface area contributed by atoms with Gasteiger partial charge in [-0.1, -0.05) is 72.8 Å². The molecule has 4 N–H and O–H groups in total. The van der Waals surface area contributed by atoms with Gasteiger partial charge in [-0.05, 0) is 62.4 Å². The highest BCUT2D eigenvalue weighted by atomic mass is 16.2. The Morgan fingerprint density at radius 1 is 0.707 bits per heavy atom. The molecule has 3 rings (SSSR count). The second-order valence-electron chi connectivity index (χ2n) is 10.9. The van der Waals surface area contributed by atoms with E-state index in [0.29, 0.717) is 12.0 Å². The smallest absolute Gasteiger partial charge is 0.251 e. The normalized spacial score (nSPS) is 11.7. The van der Waals surface area contributed by atoms with Gasteiger partial charge >= 0.3 is 0 Å². The Labute approximate surface area is 242 Å². The van der Waals surface area contributed by atoms with Gasteiger partial charge in [-0.15, -0.1) is 0 Å². The van der Waals surface area contributed by atoms with E-state index in [1.54, 1.807) is 6.07 Å². The van der Waals surface area contributed by atoms with E-state index >= 15 is 0 Å². The minimum atomic E-state index is -0.873. The fraction of sp³-hybridized carbons (Fsp3) is 0.333. The molecule has 0 unspecified atom stereocenters. The minimum Gasteiger partial charge on any atom is -0.353 e. The van der Waals surface area contributed by atoms with Crippen molar-refractivity contribution in [3.8, 4) is 11.1 Å². The standard InChI is InChI=1S/C33H40N4O4/c1-33(2,3)37-30(39)20-18-28(36-29(38)19-17-24-11-6-4-7-12-24)32(41)35-22-21-34-31(40)27-16-10-15-26(23-27)25-13-8-5-9-14-25/h4-16,23,28H,17-22H2,1-3H3,(H,34,40)(H,35,41)(H,36,38)(H,37,39)/t28-/m0/s1. The molecule has 0 aliphatic heterocycles. The summed E-state index contributed by atoms with van der Waals surface area (Å²) in [4.78, 5) is 50.7. The van der Waals surface area contributed by atoms with Crippen LogP contribution in [-0.2, 0) is 20.8 Å². The van der Waals surface area contributed by atoms with E-state index in [-0.39, 0.29) is 50.1 Å². The van der Waals surface area contributed by atoms with E-state index in [9.17, 15) is 19.2 Å². The van der Waals surface area contributed by atoms with Crippen molar-refractivity contribution in [2.75, 3.05) is 13.1 Å². The van der Waals surface area contributed by atoms with E-state index in [0.717, 1.165) is 16.7 Å². The summed E-state index contributed by atoms with van der Waals surface area (Å²) in [5, 5.41) is 11.3. The van der Waals surface area contributed by atoms with Crippen molar-refractivity contribution in [2.45, 2.75) is 58.0 Å². The maximum absolute atomic E-state index is 13.0. The molecule has 0 radical (unpaired) electrons. The van der Waals surface area contributed by atoms with Crippen LogP contribution in [0.1, 0.15) is 56.0 Å². The molecule has 8 nitrogen and oxygen atoms in total.